The van der Waals surface area contributed by atoms with E-state index >= 15 is 0 Å². The molecule has 0 heterocycles. The summed E-state index contributed by atoms with van der Waals surface area (Å²) in [6.45, 7) is -1.12. The van der Waals surface area contributed by atoms with E-state index in [0.29, 0.717) is 11.4 Å². The van der Waals surface area contributed by atoms with E-state index in [2.05, 4.69) is 4.74 Å². The Morgan fingerprint density at radius 3 is 2.50 bits per heavy atom. The Hall–Kier alpha value is -1.58. The van der Waals surface area contributed by atoms with Gasteiger partial charge in [-0.25, -0.2) is 9.18 Å². The van der Waals surface area contributed by atoms with Crippen molar-refractivity contribution in [2.45, 2.75) is 0 Å². The Kier molecular flexibility index (Phi) is 2.63. The quantitative estimate of drug-likeness (QED) is 0.410. The smallest absolute Gasteiger partial charge is 0.342 e. The lowest BCUT2D eigenvalue weighted by atomic mass is 10.3. The molecule has 3 nitrogen and oxygen atoms in total. The molecule has 12 heavy (non-hydrogen) atoms. The summed E-state index contributed by atoms with van der Waals surface area (Å²) in [6.07, 6.45) is 0. The summed E-state index contributed by atoms with van der Waals surface area (Å²) in [5, 5.41) is 0. The number of nitrogens with two attached hydrogens (primary N) is 1. The Balaban J connectivity index is 2.64. The predicted molar refractivity (Wildman–Crippen MR) is 42.5 cm³/mol. The Bertz CT molecular complexity index is 271. The van der Waals surface area contributed by atoms with Crippen molar-refractivity contribution in [1.29, 1.82) is 0 Å². The zero-order valence-electron chi connectivity index (χ0n) is 6.29. The van der Waals surface area contributed by atoms with E-state index < -0.39 is 12.6 Å². The molecule has 0 fully saturated rings. The minimum absolute atomic E-state index is 0.298. The summed E-state index contributed by atoms with van der Waals surface area (Å²) in [4.78, 5) is 10.4. The number of halogens is 1. The molecule has 1 rings (SSSR count). The highest BCUT2D eigenvalue weighted by atomic mass is 19.1. The van der Waals surface area contributed by atoms with E-state index in [1.165, 1.54) is 12.1 Å². The van der Waals surface area contributed by atoms with Crippen LogP contribution in [-0.4, -0.2) is 12.6 Å². The first-order valence-electron chi connectivity index (χ1n) is 3.34. The van der Waals surface area contributed by atoms with Crippen molar-refractivity contribution in [3.8, 4) is 5.75 Å². The van der Waals surface area contributed by atoms with Gasteiger partial charge in [0.05, 0.1) is 0 Å². The van der Waals surface area contributed by atoms with E-state index in [4.69, 9.17) is 5.73 Å². The van der Waals surface area contributed by atoms with Crippen LogP contribution in [0.25, 0.3) is 0 Å². The van der Waals surface area contributed by atoms with Gasteiger partial charge in [0.1, 0.15) is 5.75 Å². The third-order valence-corrected chi connectivity index (χ3v) is 1.22. The molecule has 0 saturated heterocycles. The SMILES string of the molecule is Nc1ccc(OC(=O)CF)cc1. The van der Waals surface area contributed by atoms with Crippen molar-refractivity contribution in [3.05, 3.63) is 24.3 Å². The molecule has 0 bridgehead atoms. The van der Waals surface area contributed by atoms with Gasteiger partial charge in [-0.3, -0.25) is 0 Å². The number of nitrogen functional groups attached to an aromatic ring is 1. The number of carbonyl (C=O) groups is 1. The van der Waals surface area contributed by atoms with Gasteiger partial charge in [0.15, 0.2) is 6.67 Å². The first-order chi connectivity index (χ1) is 5.72. The van der Waals surface area contributed by atoms with Crippen molar-refractivity contribution < 1.29 is 13.9 Å². The Labute approximate surface area is 68.9 Å². The second-order valence-corrected chi connectivity index (χ2v) is 2.18. The van der Waals surface area contributed by atoms with Crippen LogP contribution >= 0.6 is 0 Å². The van der Waals surface area contributed by atoms with Crippen molar-refractivity contribution in [2.75, 3.05) is 12.4 Å². The minimum Gasteiger partial charge on any atom is -0.425 e. The number of benzene rings is 1. The molecule has 64 valence electrons. The first-order valence-corrected chi connectivity index (χ1v) is 3.34. The summed E-state index contributed by atoms with van der Waals surface area (Å²) in [6, 6.07) is 6.15. The summed E-state index contributed by atoms with van der Waals surface area (Å²) in [7, 11) is 0. The topological polar surface area (TPSA) is 52.3 Å². The monoisotopic (exact) mass is 169 g/mol. The van der Waals surface area contributed by atoms with E-state index in [0.717, 1.165) is 0 Å². The lowest BCUT2D eigenvalue weighted by molar-refractivity contribution is -0.135. The molecule has 0 unspecified atom stereocenters. The lowest BCUT2D eigenvalue weighted by Crippen LogP contribution is -2.09. The highest BCUT2D eigenvalue weighted by Gasteiger charge is 2.01. The van der Waals surface area contributed by atoms with E-state index in [1.807, 2.05) is 0 Å². The number of anilines is 1. The summed E-state index contributed by atoms with van der Waals surface area (Å²) in [5.41, 5.74) is 5.94. The highest BCUT2D eigenvalue weighted by Crippen LogP contribution is 2.12. The van der Waals surface area contributed by atoms with Gasteiger partial charge in [-0.05, 0) is 24.3 Å². The summed E-state index contributed by atoms with van der Waals surface area (Å²) in [5.74, 6) is -0.605. The molecule has 1 aromatic carbocycles. The van der Waals surface area contributed by atoms with Crippen molar-refractivity contribution in [3.63, 3.8) is 0 Å². The molecule has 0 aliphatic heterocycles. The molecule has 0 atom stereocenters. The largest absolute Gasteiger partial charge is 0.425 e. The van der Waals surface area contributed by atoms with Crippen LogP contribution in [0.1, 0.15) is 0 Å². The van der Waals surface area contributed by atoms with Crippen LogP contribution in [0.15, 0.2) is 24.3 Å². The fraction of sp³-hybridized carbons (Fsp3) is 0.125. The standard InChI is InChI=1S/C8H8FNO2/c9-5-8(11)12-7-3-1-6(10)2-4-7/h1-4H,5,10H2. The van der Waals surface area contributed by atoms with Gasteiger partial charge in [-0.2, -0.15) is 0 Å². The van der Waals surface area contributed by atoms with E-state index in [1.54, 1.807) is 12.1 Å². The zero-order chi connectivity index (χ0) is 8.97. The fourth-order valence-electron chi connectivity index (χ4n) is 0.695. The number of rotatable bonds is 2. The number of alkyl halides is 1. The van der Waals surface area contributed by atoms with Crippen LogP contribution in [0.5, 0.6) is 5.75 Å². The average Bonchev–Trinajstić information content (AvgIpc) is 2.09. The van der Waals surface area contributed by atoms with Crippen LogP contribution < -0.4 is 10.5 Å². The third kappa shape index (κ3) is 2.23. The maximum Gasteiger partial charge on any atom is 0.342 e. The molecule has 1 aromatic rings. The molecular weight excluding hydrogens is 161 g/mol. The van der Waals surface area contributed by atoms with Crippen LogP contribution in [0.2, 0.25) is 0 Å². The van der Waals surface area contributed by atoms with E-state index in [9.17, 15) is 9.18 Å². The highest BCUT2D eigenvalue weighted by molar-refractivity contribution is 5.73. The molecule has 0 aliphatic rings. The molecule has 0 saturated carbocycles. The Morgan fingerprint density at radius 2 is 2.00 bits per heavy atom. The maximum atomic E-state index is 11.7. The molecule has 2 N–H and O–H groups in total. The minimum atomic E-state index is -1.12. The van der Waals surface area contributed by atoms with Crippen LogP contribution in [0.3, 0.4) is 0 Å². The van der Waals surface area contributed by atoms with Gasteiger partial charge < -0.3 is 10.5 Å². The number of ether oxygens (including phenoxy) is 1. The van der Waals surface area contributed by atoms with Gasteiger partial charge >= 0.3 is 5.97 Å². The van der Waals surface area contributed by atoms with Crippen molar-refractivity contribution >= 4 is 11.7 Å². The predicted octanol–water partition coefficient (Wildman–Crippen LogP) is 1.14. The lowest BCUT2D eigenvalue weighted by Gasteiger charge is -2.00. The molecule has 0 aromatic heterocycles. The second kappa shape index (κ2) is 3.71. The summed E-state index contributed by atoms with van der Waals surface area (Å²) >= 11 is 0. The summed E-state index contributed by atoms with van der Waals surface area (Å²) < 4.78 is 16.2. The molecule has 0 spiro atoms. The van der Waals surface area contributed by atoms with Gasteiger partial charge in [0, 0.05) is 5.69 Å². The first kappa shape index (κ1) is 8.52. The van der Waals surface area contributed by atoms with Crippen molar-refractivity contribution in [2.24, 2.45) is 0 Å². The number of hydrogen-bond donors (Lipinski definition) is 1. The third-order valence-electron chi connectivity index (χ3n) is 1.22. The fourth-order valence-corrected chi connectivity index (χ4v) is 0.695. The molecule has 0 radical (unpaired) electrons. The van der Waals surface area contributed by atoms with Gasteiger partial charge in [0.2, 0.25) is 0 Å². The molecular formula is C8H8FNO2. The molecule has 0 aliphatic carbocycles. The maximum absolute atomic E-state index is 11.7. The zero-order valence-corrected chi connectivity index (χ0v) is 6.29. The van der Waals surface area contributed by atoms with Crippen molar-refractivity contribution in [1.82, 2.24) is 0 Å². The number of carbonyl (C=O) groups excluding carboxylic acids is 1. The second-order valence-electron chi connectivity index (χ2n) is 2.18. The van der Waals surface area contributed by atoms with Crippen LogP contribution in [0.4, 0.5) is 10.1 Å². The average molecular weight is 169 g/mol. The van der Waals surface area contributed by atoms with E-state index in [-0.39, 0.29) is 0 Å². The normalized spacial score (nSPS) is 9.42. The molecule has 0 amide bonds. The van der Waals surface area contributed by atoms with Crippen LogP contribution in [0, 0.1) is 0 Å². The van der Waals surface area contributed by atoms with Gasteiger partial charge in [-0.15, -0.1) is 0 Å². The number of esters is 1. The molecule has 4 heteroatoms. The van der Waals surface area contributed by atoms with Gasteiger partial charge in [-0.1, -0.05) is 0 Å². The number of hydrogen-bond acceptors (Lipinski definition) is 3. The van der Waals surface area contributed by atoms with Gasteiger partial charge in [0.25, 0.3) is 0 Å². The Morgan fingerprint density at radius 1 is 1.42 bits per heavy atom. The van der Waals surface area contributed by atoms with Crippen LogP contribution in [-0.2, 0) is 4.79 Å².